The number of hydrogen-bond acceptors (Lipinski definition) is 4. The van der Waals surface area contributed by atoms with Gasteiger partial charge < -0.3 is 5.32 Å². The van der Waals surface area contributed by atoms with Gasteiger partial charge in [-0.15, -0.1) is 0 Å². The number of carbonyl (C=O) groups excluding carboxylic acids is 1. The van der Waals surface area contributed by atoms with E-state index >= 15 is 0 Å². The van der Waals surface area contributed by atoms with Gasteiger partial charge >= 0.3 is 5.69 Å². The first-order chi connectivity index (χ1) is 14.2. The van der Waals surface area contributed by atoms with E-state index in [1.807, 2.05) is 27.7 Å². The fourth-order valence-corrected chi connectivity index (χ4v) is 3.23. The van der Waals surface area contributed by atoms with Gasteiger partial charge in [-0.3, -0.25) is 19.1 Å². The third kappa shape index (κ3) is 4.48. The Balaban J connectivity index is 2.13. The summed E-state index contributed by atoms with van der Waals surface area (Å²) in [7, 11) is 0. The maximum absolute atomic E-state index is 13.4. The summed E-state index contributed by atoms with van der Waals surface area (Å²) in [6, 6.07) is 7.49. The van der Waals surface area contributed by atoms with Crippen LogP contribution in [0.3, 0.4) is 0 Å². The van der Waals surface area contributed by atoms with Crippen molar-refractivity contribution in [3.8, 4) is 0 Å². The average molecular weight is 412 g/mol. The topological polar surface area (TPSA) is 96.9 Å². The van der Waals surface area contributed by atoms with Crippen LogP contribution in [-0.2, 0) is 13.1 Å². The van der Waals surface area contributed by atoms with Crippen molar-refractivity contribution in [2.24, 2.45) is 5.92 Å². The molecule has 30 heavy (non-hydrogen) atoms. The van der Waals surface area contributed by atoms with Crippen molar-refractivity contribution in [1.29, 1.82) is 0 Å². The summed E-state index contributed by atoms with van der Waals surface area (Å²) in [5.74, 6) is -0.779. The second-order valence-electron chi connectivity index (χ2n) is 8.02. The van der Waals surface area contributed by atoms with Gasteiger partial charge in [0.25, 0.3) is 11.5 Å². The van der Waals surface area contributed by atoms with Crippen molar-refractivity contribution in [2.45, 2.75) is 46.7 Å². The highest BCUT2D eigenvalue weighted by Crippen LogP contribution is 2.20. The highest BCUT2D eigenvalue weighted by Gasteiger charge is 2.20. The monoisotopic (exact) mass is 412 g/mol. The van der Waals surface area contributed by atoms with Gasteiger partial charge in [0.15, 0.2) is 5.65 Å². The van der Waals surface area contributed by atoms with Crippen molar-refractivity contribution in [2.75, 3.05) is 0 Å². The van der Waals surface area contributed by atoms with E-state index in [2.05, 4.69) is 15.3 Å². The summed E-state index contributed by atoms with van der Waals surface area (Å²) in [4.78, 5) is 44.9. The molecule has 1 aromatic carbocycles. The number of rotatable bonds is 6. The second-order valence-corrected chi connectivity index (χ2v) is 8.02. The van der Waals surface area contributed by atoms with Gasteiger partial charge in [-0.25, -0.2) is 14.2 Å². The number of aromatic amines is 1. The van der Waals surface area contributed by atoms with Gasteiger partial charge in [0, 0.05) is 18.8 Å². The first-order valence-electron chi connectivity index (χ1n) is 9.87. The zero-order valence-electron chi connectivity index (χ0n) is 17.5. The Bertz CT molecular complexity index is 1210. The summed E-state index contributed by atoms with van der Waals surface area (Å²) in [6.07, 6.45) is 0. The van der Waals surface area contributed by atoms with Crippen LogP contribution >= 0.6 is 0 Å². The predicted molar refractivity (Wildman–Crippen MR) is 113 cm³/mol. The first kappa shape index (κ1) is 21.4. The fourth-order valence-electron chi connectivity index (χ4n) is 3.23. The molecule has 0 atom stereocenters. The normalized spacial score (nSPS) is 11.4. The number of halogens is 1. The number of nitrogens with zero attached hydrogens (tertiary/aromatic N) is 2. The van der Waals surface area contributed by atoms with Crippen LogP contribution in [0, 0.1) is 11.7 Å². The zero-order chi connectivity index (χ0) is 22.0. The van der Waals surface area contributed by atoms with Crippen molar-refractivity contribution >= 4 is 16.9 Å². The van der Waals surface area contributed by atoms with Crippen LogP contribution in [0.4, 0.5) is 4.39 Å². The highest BCUT2D eigenvalue weighted by atomic mass is 19.1. The molecule has 8 heteroatoms. The van der Waals surface area contributed by atoms with Gasteiger partial charge in [-0.1, -0.05) is 39.8 Å². The lowest BCUT2D eigenvalue weighted by molar-refractivity contribution is 0.0952. The third-order valence-electron chi connectivity index (χ3n) is 4.69. The Hall–Kier alpha value is -3.29. The Morgan fingerprint density at radius 1 is 1.20 bits per heavy atom. The molecule has 0 saturated carbocycles. The molecule has 2 aromatic heterocycles. The largest absolute Gasteiger partial charge is 0.348 e. The smallest absolute Gasteiger partial charge is 0.330 e. The molecule has 3 aromatic rings. The molecule has 0 aliphatic heterocycles. The molecule has 0 fully saturated rings. The number of amides is 1. The van der Waals surface area contributed by atoms with E-state index in [-0.39, 0.29) is 35.0 Å². The lowest BCUT2D eigenvalue weighted by Crippen LogP contribution is -2.34. The number of fused-ring (bicyclic) bond motifs is 1. The number of hydrogen-bond donors (Lipinski definition) is 2. The number of carbonyl (C=O) groups is 1. The van der Waals surface area contributed by atoms with Gasteiger partial charge in [0.2, 0.25) is 0 Å². The summed E-state index contributed by atoms with van der Waals surface area (Å²) in [5, 5.41) is 2.80. The molecule has 0 aliphatic carbocycles. The molecule has 0 aliphatic rings. The maximum atomic E-state index is 13.4. The van der Waals surface area contributed by atoms with Crippen LogP contribution in [0.1, 0.15) is 55.2 Å². The molecule has 2 N–H and O–H groups in total. The standard InChI is InChI=1S/C22H25FN4O3/c1-12(2)11-27-19-18(21(29)26-22(27)30)16(9-17(25-19)13(3)4)20(28)24-10-14-6-5-7-15(23)8-14/h5-9,12-13H,10-11H2,1-4H3,(H,24,28)(H,26,29,30). The van der Waals surface area contributed by atoms with E-state index in [9.17, 15) is 18.8 Å². The molecule has 1 amide bonds. The van der Waals surface area contributed by atoms with Crippen LogP contribution in [0.5, 0.6) is 0 Å². The molecule has 7 nitrogen and oxygen atoms in total. The van der Waals surface area contributed by atoms with Crippen molar-refractivity contribution in [1.82, 2.24) is 19.9 Å². The number of H-pyrrole nitrogens is 1. The van der Waals surface area contributed by atoms with E-state index in [0.717, 1.165) is 0 Å². The van der Waals surface area contributed by atoms with E-state index in [1.165, 1.54) is 16.7 Å². The van der Waals surface area contributed by atoms with Crippen LogP contribution in [-0.4, -0.2) is 20.4 Å². The Morgan fingerprint density at radius 2 is 1.93 bits per heavy atom. The molecule has 158 valence electrons. The van der Waals surface area contributed by atoms with E-state index in [0.29, 0.717) is 17.8 Å². The van der Waals surface area contributed by atoms with Crippen molar-refractivity contribution < 1.29 is 9.18 Å². The molecule has 0 bridgehead atoms. The molecular weight excluding hydrogens is 387 g/mol. The zero-order valence-corrected chi connectivity index (χ0v) is 17.5. The minimum Gasteiger partial charge on any atom is -0.348 e. The fraction of sp³-hybridized carbons (Fsp3) is 0.364. The summed E-state index contributed by atoms with van der Waals surface area (Å²) in [5.41, 5.74) is 0.310. The molecule has 0 spiro atoms. The van der Waals surface area contributed by atoms with Crippen LogP contribution in [0.25, 0.3) is 11.0 Å². The third-order valence-corrected chi connectivity index (χ3v) is 4.69. The van der Waals surface area contributed by atoms with Crippen molar-refractivity contribution in [3.63, 3.8) is 0 Å². The molecule has 0 radical (unpaired) electrons. The van der Waals surface area contributed by atoms with Crippen molar-refractivity contribution in [3.05, 3.63) is 73.8 Å². The SMILES string of the molecule is CC(C)Cn1c(=O)[nH]c(=O)c2c(C(=O)NCc3cccc(F)c3)cc(C(C)C)nc21. The van der Waals surface area contributed by atoms with Crippen LogP contribution in [0.15, 0.2) is 39.9 Å². The van der Waals surface area contributed by atoms with Crippen LogP contribution in [0.2, 0.25) is 0 Å². The second kappa shape index (κ2) is 8.61. The molecule has 3 rings (SSSR count). The van der Waals surface area contributed by atoms with Gasteiger partial charge in [0.1, 0.15) is 5.82 Å². The van der Waals surface area contributed by atoms with E-state index in [4.69, 9.17) is 0 Å². The summed E-state index contributed by atoms with van der Waals surface area (Å²) < 4.78 is 14.8. The van der Waals surface area contributed by atoms with Gasteiger partial charge in [0.05, 0.1) is 10.9 Å². The predicted octanol–water partition coefficient (Wildman–Crippen LogP) is 2.93. The Labute approximate surface area is 173 Å². The molecular formula is C22H25FN4O3. The average Bonchev–Trinajstić information content (AvgIpc) is 2.68. The van der Waals surface area contributed by atoms with Gasteiger partial charge in [-0.05, 0) is 35.6 Å². The number of pyridine rings is 1. The highest BCUT2D eigenvalue weighted by molar-refractivity contribution is 6.05. The summed E-state index contributed by atoms with van der Waals surface area (Å²) >= 11 is 0. The number of aromatic nitrogens is 3. The quantitative estimate of drug-likeness (QED) is 0.651. The maximum Gasteiger partial charge on any atom is 0.330 e. The van der Waals surface area contributed by atoms with E-state index in [1.54, 1.807) is 18.2 Å². The minimum atomic E-state index is -0.659. The lowest BCUT2D eigenvalue weighted by atomic mass is 10.0. The number of nitrogens with one attached hydrogen (secondary N) is 2. The Kier molecular flexibility index (Phi) is 6.14. The first-order valence-corrected chi connectivity index (χ1v) is 9.87. The molecule has 2 heterocycles. The minimum absolute atomic E-state index is 0.0222. The molecule has 0 unspecified atom stereocenters. The Morgan fingerprint density at radius 3 is 2.57 bits per heavy atom. The number of benzene rings is 1. The van der Waals surface area contributed by atoms with E-state index < -0.39 is 23.0 Å². The lowest BCUT2D eigenvalue weighted by Gasteiger charge is -2.16. The molecule has 0 saturated heterocycles. The van der Waals surface area contributed by atoms with Crippen LogP contribution < -0.4 is 16.6 Å². The van der Waals surface area contributed by atoms with Gasteiger partial charge in [-0.2, -0.15) is 0 Å². The summed E-state index contributed by atoms with van der Waals surface area (Å²) in [6.45, 7) is 8.18.